The van der Waals surface area contributed by atoms with E-state index < -0.39 is 0 Å². The summed E-state index contributed by atoms with van der Waals surface area (Å²) in [5.41, 5.74) is 2.12. The van der Waals surface area contributed by atoms with E-state index in [-0.39, 0.29) is 12.1 Å². The molecule has 0 radical (unpaired) electrons. The molecule has 1 heterocycles. The zero-order chi connectivity index (χ0) is 18.2. The van der Waals surface area contributed by atoms with Crippen LogP contribution in [0.1, 0.15) is 13.3 Å². The molecule has 2 N–H and O–H groups in total. The molecule has 1 atom stereocenters. The molecule has 1 fully saturated rings. The number of nitrogens with zero attached hydrogens (tertiary/aromatic N) is 2. The van der Waals surface area contributed by atoms with Gasteiger partial charge in [-0.2, -0.15) is 0 Å². The maximum absolute atomic E-state index is 12.0. The molecule has 2 aromatic rings. The lowest BCUT2D eigenvalue weighted by Crippen LogP contribution is -2.47. The first-order valence-corrected chi connectivity index (χ1v) is 9.35. The number of anilines is 2. The van der Waals surface area contributed by atoms with Gasteiger partial charge in [0.05, 0.1) is 0 Å². The molecule has 0 spiro atoms. The van der Waals surface area contributed by atoms with E-state index in [1.54, 1.807) is 0 Å². The van der Waals surface area contributed by atoms with Crippen LogP contribution in [0.5, 0.6) is 0 Å². The Labute approximate surface area is 156 Å². The maximum atomic E-state index is 12.0. The van der Waals surface area contributed by atoms with Crippen LogP contribution in [0, 0.1) is 0 Å². The lowest BCUT2D eigenvalue weighted by atomic mass is 10.2. The zero-order valence-corrected chi connectivity index (χ0v) is 15.4. The largest absolute Gasteiger partial charge is 0.369 e. The summed E-state index contributed by atoms with van der Waals surface area (Å²) in [7, 11) is 0. The van der Waals surface area contributed by atoms with E-state index >= 15 is 0 Å². The second-order valence-corrected chi connectivity index (χ2v) is 6.82. The van der Waals surface area contributed by atoms with E-state index in [9.17, 15) is 4.79 Å². The first-order chi connectivity index (χ1) is 12.7. The number of hydrogen-bond acceptors (Lipinski definition) is 3. The van der Waals surface area contributed by atoms with Crippen LogP contribution < -0.4 is 15.5 Å². The van der Waals surface area contributed by atoms with Gasteiger partial charge in [-0.15, -0.1) is 0 Å². The van der Waals surface area contributed by atoms with Crippen LogP contribution in [0.2, 0.25) is 0 Å². The Hall–Kier alpha value is -2.53. The van der Waals surface area contributed by atoms with Crippen molar-refractivity contribution in [1.82, 2.24) is 10.2 Å². The smallest absolute Gasteiger partial charge is 0.319 e. The number of nitrogens with one attached hydrogen (secondary N) is 2. The van der Waals surface area contributed by atoms with Gasteiger partial charge in [0, 0.05) is 50.1 Å². The minimum absolute atomic E-state index is 0.141. The van der Waals surface area contributed by atoms with Crippen molar-refractivity contribution < 1.29 is 4.79 Å². The molecule has 0 aromatic heterocycles. The number of carbonyl (C=O) groups is 1. The highest BCUT2D eigenvalue weighted by molar-refractivity contribution is 5.89. The second kappa shape index (κ2) is 9.25. The van der Waals surface area contributed by atoms with Gasteiger partial charge < -0.3 is 15.5 Å². The average molecular weight is 352 g/mol. The van der Waals surface area contributed by atoms with Crippen molar-refractivity contribution >= 4 is 17.4 Å². The first-order valence-electron chi connectivity index (χ1n) is 9.35. The highest BCUT2D eigenvalue weighted by Gasteiger charge is 2.17. The molecule has 0 unspecified atom stereocenters. The van der Waals surface area contributed by atoms with E-state index in [2.05, 4.69) is 57.7 Å². The maximum Gasteiger partial charge on any atom is 0.319 e. The topological polar surface area (TPSA) is 47.6 Å². The summed E-state index contributed by atoms with van der Waals surface area (Å²) in [5, 5.41) is 5.88. The normalized spacial score (nSPS) is 16.1. The van der Waals surface area contributed by atoms with E-state index in [4.69, 9.17) is 0 Å². The van der Waals surface area contributed by atoms with Gasteiger partial charge in [0.2, 0.25) is 0 Å². The quantitative estimate of drug-likeness (QED) is 0.838. The van der Waals surface area contributed by atoms with Crippen LogP contribution in [-0.4, -0.2) is 49.7 Å². The number of piperazine rings is 1. The predicted octanol–water partition coefficient (Wildman–Crippen LogP) is 3.41. The molecule has 0 aliphatic carbocycles. The number of carbonyl (C=O) groups excluding carboxylic acids is 1. The van der Waals surface area contributed by atoms with Crippen molar-refractivity contribution in [3.63, 3.8) is 0 Å². The third-order valence-corrected chi connectivity index (χ3v) is 4.78. The summed E-state index contributed by atoms with van der Waals surface area (Å²) in [4.78, 5) is 16.9. The second-order valence-electron chi connectivity index (χ2n) is 6.82. The summed E-state index contributed by atoms with van der Waals surface area (Å²) in [5.74, 6) is 0. The van der Waals surface area contributed by atoms with E-state index in [1.807, 2.05) is 30.3 Å². The lowest BCUT2D eigenvalue weighted by Gasteiger charge is -2.36. The molecule has 26 heavy (non-hydrogen) atoms. The number of para-hydroxylation sites is 2. The predicted molar refractivity (Wildman–Crippen MR) is 108 cm³/mol. The van der Waals surface area contributed by atoms with E-state index in [1.165, 1.54) is 5.69 Å². The summed E-state index contributed by atoms with van der Waals surface area (Å²) < 4.78 is 0. The molecule has 1 saturated heterocycles. The fourth-order valence-electron chi connectivity index (χ4n) is 3.23. The summed E-state index contributed by atoms with van der Waals surface area (Å²) in [6.45, 7) is 7.32. The van der Waals surface area contributed by atoms with Crippen LogP contribution in [0.3, 0.4) is 0 Å². The molecular weight excluding hydrogens is 324 g/mol. The van der Waals surface area contributed by atoms with Gasteiger partial charge in [-0.05, 0) is 37.6 Å². The Balaban J connectivity index is 1.35. The van der Waals surface area contributed by atoms with Gasteiger partial charge in [0.1, 0.15) is 0 Å². The van der Waals surface area contributed by atoms with E-state index in [0.29, 0.717) is 0 Å². The molecule has 2 amide bonds. The fourth-order valence-corrected chi connectivity index (χ4v) is 3.23. The van der Waals surface area contributed by atoms with Crippen LogP contribution in [-0.2, 0) is 0 Å². The van der Waals surface area contributed by atoms with Gasteiger partial charge in [-0.1, -0.05) is 36.4 Å². The van der Waals surface area contributed by atoms with Gasteiger partial charge in [0.15, 0.2) is 0 Å². The molecule has 5 heteroatoms. The van der Waals surface area contributed by atoms with Crippen molar-refractivity contribution in [1.29, 1.82) is 0 Å². The standard InChI is InChI=1S/C21H28N4O/c1-18(22-21(26)23-19-8-4-2-5-9-19)12-13-24-14-16-25(17-15-24)20-10-6-3-7-11-20/h2-11,18H,12-17H2,1H3,(H2,22,23,26)/t18-/m0/s1. The van der Waals surface area contributed by atoms with Crippen molar-refractivity contribution in [2.24, 2.45) is 0 Å². The number of benzene rings is 2. The third kappa shape index (κ3) is 5.49. The zero-order valence-electron chi connectivity index (χ0n) is 15.4. The number of urea groups is 1. The van der Waals surface area contributed by atoms with E-state index in [0.717, 1.165) is 44.8 Å². The highest BCUT2D eigenvalue weighted by atomic mass is 16.2. The molecule has 138 valence electrons. The van der Waals surface area contributed by atoms with Crippen LogP contribution >= 0.6 is 0 Å². The Kier molecular flexibility index (Phi) is 6.50. The number of hydrogen-bond donors (Lipinski definition) is 2. The fraction of sp³-hybridized carbons (Fsp3) is 0.381. The number of rotatable bonds is 6. The molecule has 3 rings (SSSR count). The summed E-state index contributed by atoms with van der Waals surface area (Å²) >= 11 is 0. The summed E-state index contributed by atoms with van der Waals surface area (Å²) in [6, 6.07) is 20.1. The third-order valence-electron chi connectivity index (χ3n) is 4.78. The van der Waals surface area contributed by atoms with Crippen molar-refractivity contribution in [2.45, 2.75) is 19.4 Å². The lowest BCUT2D eigenvalue weighted by molar-refractivity contribution is 0.235. The summed E-state index contributed by atoms with van der Waals surface area (Å²) in [6.07, 6.45) is 0.952. The molecule has 0 bridgehead atoms. The van der Waals surface area contributed by atoms with Crippen molar-refractivity contribution in [3.05, 3.63) is 60.7 Å². The highest BCUT2D eigenvalue weighted by Crippen LogP contribution is 2.15. The minimum atomic E-state index is -0.141. The Morgan fingerprint density at radius 3 is 2.23 bits per heavy atom. The van der Waals surface area contributed by atoms with Crippen molar-refractivity contribution in [2.75, 3.05) is 42.9 Å². The van der Waals surface area contributed by atoms with Crippen LogP contribution in [0.15, 0.2) is 60.7 Å². The molecule has 1 aliphatic heterocycles. The van der Waals surface area contributed by atoms with Gasteiger partial charge in [-0.25, -0.2) is 4.79 Å². The van der Waals surface area contributed by atoms with Gasteiger partial charge in [-0.3, -0.25) is 4.90 Å². The molecule has 2 aromatic carbocycles. The van der Waals surface area contributed by atoms with Crippen LogP contribution in [0.25, 0.3) is 0 Å². The monoisotopic (exact) mass is 352 g/mol. The Morgan fingerprint density at radius 2 is 1.58 bits per heavy atom. The molecule has 5 nitrogen and oxygen atoms in total. The molecule has 1 aliphatic rings. The first kappa shape index (κ1) is 18.3. The average Bonchev–Trinajstić information content (AvgIpc) is 2.68. The number of amides is 2. The Morgan fingerprint density at radius 1 is 0.962 bits per heavy atom. The van der Waals surface area contributed by atoms with Gasteiger partial charge >= 0.3 is 6.03 Å². The van der Waals surface area contributed by atoms with Gasteiger partial charge in [0.25, 0.3) is 0 Å². The minimum Gasteiger partial charge on any atom is -0.369 e. The molecular formula is C21H28N4O. The SMILES string of the molecule is C[C@@H](CCN1CCN(c2ccccc2)CC1)NC(=O)Nc1ccccc1. The molecule has 0 saturated carbocycles. The van der Waals surface area contributed by atoms with Crippen LogP contribution in [0.4, 0.5) is 16.2 Å². The Bertz CT molecular complexity index is 669. The van der Waals surface area contributed by atoms with Crippen molar-refractivity contribution in [3.8, 4) is 0 Å².